The molecule has 2 nitrogen and oxygen atoms in total. The summed E-state index contributed by atoms with van der Waals surface area (Å²) in [4.78, 5) is 6.67. The van der Waals surface area contributed by atoms with Crippen LogP contribution in [0.3, 0.4) is 0 Å². The molecule has 0 fully saturated rings. The fraction of sp³-hybridized carbons (Fsp3) is 0.750. The van der Waals surface area contributed by atoms with Crippen LogP contribution in [0.4, 0.5) is 0 Å². The molecule has 14 heavy (non-hydrogen) atoms. The molecule has 1 unspecified atom stereocenters. The fourth-order valence-corrected chi connectivity index (χ4v) is 0.837. The predicted molar refractivity (Wildman–Crippen MR) is 64.6 cm³/mol. The second kappa shape index (κ2) is 4.63. The summed E-state index contributed by atoms with van der Waals surface area (Å²) in [5.74, 6) is 1.03. The Morgan fingerprint density at radius 1 is 1.29 bits per heavy atom. The molecule has 0 N–H and O–H groups in total. The molecule has 1 atom stereocenters. The quantitative estimate of drug-likeness (QED) is 0.489. The van der Waals surface area contributed by atoms with E-state index in [-0.39, 0.29) is 5.41 Å². The summed E-state index contributed by atoms with van der Waals surface area (Å²) in [6.45, 7) is 16.7. The standard InChI is InChI=1S/C12H24N2/c1-9(2)14(8)11(4)13-10(3)12(5,6)7/h10H,1H2,2-8H3/b13-11-. The van der Waals surface area contributed by atoms with Gasteiger partial charge in [0.25, 0.3) is 0 Å². The zero-order valence-corrected chi connectivity index (χ0v) is 10.7. The summed E-state index contributed by atoms with van der Waals surface area (Å²) in [6, 6.07) is 0.323. The summed E-state index contributed by atoms with van der Waals surface area (Å²) < 4.78 is 0. The van der Waals surface area contributed by atoms with Crippen molar-refractivity contribution in [3.8, 4) is 0 Å². The third kappa shape index (κ3) is 3.95. The van der Waals surface area contributed by atoms with Crippen LogP contribution in [0.2, 0.25) is 0 Å². The molecule has 0 aromatic rings. The van der Waals surface area contributed by atoms with Gasteiger partial charge in [0.05, 0.1) is 11.9 Å². The van der Waals surface area contributed by atoms with Crippen molar-refractivity contribution in [3.05, 3.63) is 12.3 Å². The molecule has 0 rings (SSSR count). The van der Waals surface area contributed by atoms with Crippen molar-refractivity contribution in [3.63, 3.8) is 0 Å². The third-order valence-electron chi connectivity index (χ3n) is 2.69. The second-order valence-electron chi connectivity index (χ2n) is 5.01. The number of nitrogens with zero attached hydrogens (tertiary/aromatic N) is 2. The average Bonchev–Trinajstić information content (AvgIpc) is 2.00. The van der Waals surface area contributed by atoms with Gasteiger partial charge in [0.15, 0.2) is 0 Å². The van der Waals surface area contributed by atoms with Crippen molar-refractivity contribution in [1.82, 2.24) is 4.90 Å². The largest absolute Gasteiger partial charge is 0.338 e. The van der Waals surface area contributed by atoms with Gasteiger partial charge >= 0.3 is 0 Å². The van der Waals surface area contributed by atoms with Crippen LogP contribution in [0.1, 0.15) is 41.5 Å². The van der Waals surface area contributed by atoms with Crippen molar-refractivity contribution in [2.75, 3.05) is 7.05 Å². The van der Waals surface area contributed by atoms with E-state index in [2.05, 4.69) is 39.3 Å². The Labute approximate surface area is 88.7 Å². The minimum absolute atomic E-state index is 0.219. The molecule has 0 saturated heterocycles. The first-order chi connectivity index (χ1) is 6.16. The van der Waals surface area contributed by atoms with Crippen LogP contribution in [0, 0.1) is 5.41 Å². The lowest BCUT2D eigenvalue weighted by Crippen LogP contribution is -2.27. The van der Waals surface area contributed by atoms with Gasteiger partial charge < -0.3 is 4.90 Å². The molecule has 0 aliphatic rings. The summed E-state index contributed by atoms with van der Waals surface area (Å²) in [7, 11) is 2.00. The topological polar surface area (TPSA) is 15.6 Å². The van der Waals surface area contributed by atoms with E-state index in [0.717, 1.165) is 11.5 Å². The lowest BCUT2D eigenvalue weighted by molar-refractivity contribution is 0.339. The smallest absolute Gasteiger partial charge is 0.0999 e. The molecule has 82 valence electrons. The highest BCUT2D eigenvalue weighted by molar-refractivity contribution is 5.81. The van der Waals surface area contributed by atoms with Gasteiger partial charge in [-0.1, -0.05) is 27.4 Å². The van der Waals surface area contributed by atoms with Crippen LogP contribution >= 0.6 is 0 Å². The Bertz CT molecular complexity index is 233. The zero-order chi connectivity index (χ0) is 11.5. The molecule has 0 aromatic carbocycles. The Kier molecular flexibility index (Phi) is 4.37. The molecular formula is C12H24N2. The van der Waals surface area contributed by atoms with E-state index >= 15 is 0 Å². The van der Waals surface area contributed by atoms with Crippen molar-refractivity contribution in [1.29, 1.82) is 0 Å². The Hall–Kier alpha value is -0.790. The van der Waals surface area contributed by atoms with Gasteiger partial charge in [-0.25, -0.2) is 0 Å². The second-order valence-corrected chi connectivity index (χ2v) is 5.01. The van der Waals surface area contributed by atoms with Gasteiger partial charge in [0.2, 0.25) is 0 Å². The highest BCUT2D eigenvalue weighted by Gasteiger charge is 2.19. The highest BCUT2D eigenvalue weighted by Crippen LogP contribution is 2.22. The number of rotatable bonds is 2. The maximum Gasteiger partial charge on any atom is 0.0999 e. The molecule has 2 heteroatoms. The van der Waals surface area contributed by atoms with E-state index in [9.17, 15) is 0 Å². The van der Waals surface area contributed by atoms with E-state index in [1.807, 2.05) is 25.8 Å². The first-order valence-electron chi connectivity index (χ1n) is 5.10. The van der Waals surface area contributed by atoms with Crippen LogP contribution in [0.15, 0.2) is 17.3 Å². The van der Waals surface area contributed by atoms with E-state index in [0.29, 0.717) is 6.04 Å². The third-order valence-corrected chi connectivity index (χ3v) is 2.69. The summed E-state index contributed by atoms with van der Waals surface area (Å²) in [5.41, 5.74) is 1.24. The van der Waals surface area contributed by atoms with Crippen LogP contribution < -0.4 is 0 Å². The lowest BCUT2D eigenvalue weighted by Gasteiger charge is -2.26. The normalized spacial score (nSPS) is 15.2. The van der Waals surface area contributed by atoms with E-state index in [1.165, 1.54) is 0 Å². The summed E-state index contributed by atoms with van der Waals surface area (Å²) >= 11 is 0. The maximum atomic E-state index is 4.65. The number of hydrogen-bond acceptors (Lipinski definition) is 1. The number of amidine groups is 1. The molecule has 0 bridgehead atoms. The molecule has 0 radical (unpaired) electrons. The fourth-order valence-electron chi connectivity index (χ4n) is 0.837. The van der Waals surface area contributed by atoms with Crippen molar-refractivity contribution in [2.24, 2.45) is 10.4 Å². The average molecular weight is 196 g/mol. The molecule has 0 aliphatic heterocycles. The molecule has 0 spiro atoms. The van der Waals surface area contributed by atoms with Crippen molar-refractivity contribution in [2.45, 2.75) is 47.6 Å². The predicted octanol–water partition coefficient (Wildman–Crippen LogP) is 3.30. The molecule has 0 amide bonds. The SMILES string of the molecule is C=C(C)N(C)/C(C)=N\C(C)C(C)(C)C. The number of hydrogen-bond donors (Lipinski definition) is 0. The number of aliphatic imine (C=N–C) groups is 1. The van der Waals surface area contributed by atoms with E-state index in [4.69, 9.17) is 0 Å². The summed E-state index contributed by atoms with van der Waals surface area (Å²) in [6.07, 6.45) is 0. The van der Waals surface area contributed by atoms with Crippen LogP contribution in [0.5, 0.6) is 0 Å². The first kappa shape index (κ1) is 13.2. The first-order valence-corrected chi connectivity index (χ1v) is 5.10. The van der Waals surface area contributed by atoms with Gasteiger partial charge in [-0.15, -0.1) is 0 Å². The lowest BCUT2D eigenvalue weighted by atomic mass is 9.88. The maximum absolute atomic E-state index is 4.65. The molecule has 0 aliphatic carbocycles. The monoisotopic (exact) mass is 196 g/mol. The zero-order valence-electron chi connectivity index (χ0n) is 10.7. The minimum Gasteiger partial charge on any atom is -0.338 e. The Morgan fingerprint density at radius 3 is 2.00 bits per heavy atom. The van der Waals surface area contributed by atoms with Gasteiger partial charge in [-0.2, -0.15) is 0 Å². The molecule has 0 aromatic heterocycles. The van der Waals surface area contributed by atoms with Gasteiger partial charge in [0.1, 0.15) is 0 Å². The molecule has 0 saturated carbocycles. The Morgan fingerprint density at radius 2 is 1.71 bits per heavy atom. The van der Waals surface area contributed by atoms with Gasteiger partial charge in [0, 0.05) is 12.7 Å². The molecule has 0 heterocycles. The minimum atomic E-state index is 0.219. The van der Waals surface area contributed by atoms with Crippen LogP contribution in [-0.4, -0.2) is 23.8 Å². The van der Waals surface area contributed by atoms with Gasteiger partial charge in [-0.05, 0) is 26.2 Å². The van der Waals surface area contributed by atoms with Gasteiger partial charge in [-0.3, -0.25) is 4.99 Å². The van der Waals surface area contributed by atoms with Crippen molar-refractivity contribution < 1.29 is 0 Å². The number of allylic oxidation sites excluding steroid dienone is 1. The highest BCUT2D eigenvalue weighted by atomic mass is 15.2. The van der Waals surface area contributed by atoms with Crippen LogP contribution in [0.25, 0.3) is 0 Å². The Balaban J connectivity index is 4.60. The van der Waals surface area contributed by atoms with Crippen molar-refractivity contribution >= 4 is 5.84 Å². The summed E-state index contributed by atoms with van der Waals surface area (Å²) in [5, 5.41) is 0. The molecular weight excluding hydrogens is 172 g/mol. The van der Waals surface area contributed by atoms with Crippen LogP contribution in [-0.2, 0) is 0 Å². The van der Waals surface area contributed by atoms with E-state index < -0.39 is 0 Å². The van der Waals surface area contributed by atoms with E-state index in [1.54, 1.807) is 0 Å².